The first kappa shape index (κ1) is 16.7. The second-order valence-corrected chi connectivity index (χ2v) is 6.30. The van der Waals surface area contributed by atoms with Gasteiger partial charge in [0, 0.05) is 11.1 Å². The van der Waals surface area contributed by atoms with Crippen molar-refractivity contribution < 1.29 is 13.9 Å². The van der Waals surface area contributed by atoms with Crippen LogP contribution in [-0.4, -0.2) is 13.2 Å². The van der Waals surface area contributed by atoms with Gasteiger partial charge >= 0.3 is 0 Å². The zero-order valence-electron chi connectivity index (χ0n) is 11.7. The van der Waals surface area contributed by atoms with Gasteiger partial charge in [0.05, 0.1) is 18.0 Å². The summed E-state index contributed by atoms with van der Waals surface area (Å²) < 4.78 is 17.4. The normalized spacial score (nSPS) is 12.2. The van der Waals surface area contributed by atoms with E-state index in [1.165, 1.54) is 0 Å². The molecule has 1 unspecified atom stereocenters. The lowest BCUT2D eigenvalue weighted by atomic mass is 10.1. The molecule has 0 aliphatic carbocycles. The Morgan fingerprint density at radius 1 is 1.14 bits per heavy atom. The molecule has 3 nitrogen and oxygen atoms in total. The van der Waals surface area contributed by atoms with Gasteiger partial charge in [0.25, 0.3) is 0 Å². The summed E-state index contributed by atoms with van der Waals surface area (Å²) >= 11 is 13.3. The van der Waals surface area contributed by atoms with Crippen LogP contribution in [0.15, 0.2) is 33.4 Å². The maximum Gasteiger partial charge on any atom is 0.169 e. The van der Waals surface area contributed by atoms with E-state index in [1.54, 1.807) is 6.07 Å². The minimum absolute atomic E-state index is 0.161. The molecular formula is C15H15Br2ClO3. The summed E-state index contributed by atoms with van der Waals surface area (Å²) in [6.45, 7) is 4.96. The quantitative estimate of drug-likeness (QED) is 0.520. The predicted octanol–water partition coefficient (Wildman–Crippen LogP) is 5.98. The molecular weight excluding hydrogens is 423 g/mol. The fourth-order valence-corrected chi connectivity index (χ4v) is 3.24. The Morgan fingerprint density at radius 3 is 2.29 bits per heavy atom. The third kappa shape index (κ3) is 3.96. The van der Waals surface area contributed by atoms with Crippen LogP contribution < -0.4 is 9.47 Å². The molecule has 0 spiro atoms. The number of hydrogen-bond acceptors (Lipinski definition) is 3. The van der Waals surface area contributed by atoms with Crippen LogP contribution >= 0.6 is 43.5 Å². The highest BCUT2D eigenvalue weighted by molar-refractivity contribution is 9.10. The Kier molecular flexibility index (Phi) is 6.02. The van der Waals surface area contributed by atoms with Crippen molar-refractivity contribution >= 4 is 43.5 Å². The average molecular weight is 439 g/mol. The standard InChI is InChI=1S/C15H15Br2ClO3/c1-3-19-12-7-9(10(18)8-13(12)20-4-2)15(17)11-5-6-14(16)21-11/h5-8,15H,3-4H2,1-2H3. The molecule has 0 amide bonds. The van der Waals surface area contributed by atoms with Crippen molar-refractivity contribution in [3.05, 3.63) is 45.3 Å². The van der Waals surface area contributed by atoms with E-state index in [9.17, 15) is 0 Å². The predicted molar refractivity (Wildman–Crippen MR) is 91.0 cm³/mol. The van der Waals surface area contributed by atoms with Crippen molar-refractivity contribution in [1.82, 2.24) is 0 Å². The molecule has 0 radical (unpaired) electrons. The van der Waals surface area contributed by atoms with Gasteiger partial charge in [0.1, 0.15) is 5.76 Å². The molecule has 114 valence electrons. The monoisotopic (exact) mass is 436 g/mol. The van der Waals surface area contributed by atoms with Crippen molar-refractivity contribution in [2.75, 3.05) is 13.2 Å². The molecule has 1 atom stereocenters. The summed E-state index contributed by atoms with van der Waals surface area (Å²) in [6.07, 6.45) is 0. The van der Waals surface area contributed by atoms with Gasteiger partial charge in [-0.1, -0.05) is 27.5 Å². The highest BCUT2D eigenvalue weighted by atomic mass is 79.9. The maximum atomic E-state index is 6.37. The van der Waals surface area contributed by atoms with Crippen molar-refractivity contribution in [2.45, 2.75) is 18.7 Å². The molecule has 0 saturated carbocycles. The molecule has 0 aliphatic heterocycles. The van der Waals surface area contributed by atoms with Gasteiger partial charge in [-0.3, -0.25) is 0 Å². The maximum absolute atomic E-state index is 6.37. The number of benzene rings is 1. The molecule has 0 N–H and O–H groups in total. The smallest absolute Gasteiger partial charge is 0.169 e. The summed E-state index contributed by atoms with van der Waals surface area (Å²) in [5.41, 5.74) is 0.866. The lowest BCUT2D eigenvalue weighted by Gasteiger charge is -2.16. The number of halogens is 3. The first-order chi connectivity index (χ1) is 10.1. The van der Waals surface area contributed by atoms with Gasteiger partial charge in [-0.15, -0.1) is 0 Å². The Labute approximate surface area is 145 Å². The van der Waals surface area contributed by atoms with Crippen LogP contribution in [0.4, 0.5) is 0 Å². The summed E-state index contributed by atoms with van der Waals surface area (Å²) in [5, 5.41) is 0.594. The Bertz CT molecular complexity index is 613. The summed E-state index contributed by atoms with van der Waals surface area (Å²) in [5.74, 6) is 2.08. The van der Waals surface area contributed by atoms with Crippen LogP contribution in [-0.2, 0) is 0 Å². The van der Waals surface area contributed by atoms with Crippen molar-refractivity contribution in [3.63, 3.8) is 0 Å². The topological polar surface area (TPSA) is 31.6 Å². The van der Waals surface area contributed by atoms with Crippen LogP contribution in [0.2, 0.25) is 5.02 Å². The first-order valence-corrected chi connectivity index (χ1v) is 8.63. The molecule has 0 bridgehead atoms. The van der Waals surface area contributed by atoms with E-state index in [-0.39, 0.29) is 4.83 Å². The zero-order chi connectivity index (χ0) is 15.4. The van der Waals surface area contributed by atoms with Crippen LogP contribution in [0.1, 0.15) is 30.0 Å². The van der Waals surface area contributed by atoms with Crippen LogP contribution in [0, 0.1) is 0 Å². The van der Waals surface area contributed by atoms with E-state index in [4.69, 9.17) is 25.5 Å². The van der Waals surface area contributed by atoms with E-state index in [1.807, 2.05) is 32.0 Å². The van der Waals surface area contributed by atoms with E-state index in [2.05, 4.69) is 31.9 Å². The highest BCUT2D eigenvalue weighted by Gasteiger charge is 2.20. The first-order valence-electron chi connectivity index (χ1n) is 6.55. The summed E-state index contributed by atoms with van der Waals surface area (Å²) in [6, 6.07) is 7.39. The second kappa shape index (κ2) is 7.56. The molecule has 2 rings (SSSR count). The fourth-order valence-electron chi connectivity index (χ4n) is 1.90. The van der Waals surface area contributed by atoms with Gasteiger partial charge in [-0.25, -0.2) is 0 Å². The largest absolute Gasteiger partial charge is 0.490 e. The van der Waals surface area contributed by atoms with Crippen LogP contribution in [0.3, 0.4) is 0 Å². The van der Waals surface area contributed by atoms with Gasteiger partial charge in [0.2, 0.25) is 0 Å². The lowest BCUT2D eigenvalue weighted by Crippen LogP contribution is -2.01. The van der Waals surface area contributed by atoms with E-state index in [0.29, 0.717) is 34.4 Å². The number of hydrogen-bond donors (Lipinski definition) is 0. The Hall–Kier alpha value is -0.650. The Morgan fingerprint density at radius 2 is 1.76 bits per heavy atom. The molecule has 1 aromatic heterocycles. The van der Waals surface area contributed by atoms with E-state index >= 15 is 0 Å². The number of ether oxygens (including phenoxy) is 2. The number of alkyl halides is 1. The molecule has 21 heavy (non-hydrogen) atoms. The minimum Gasteiger partial charge on any atom is -0.490 e. The van der Waals surface area contributed by atoms with Gasteiger partial charge in [-0.2, -0.15) is 0 Å². The molecule has 1 heterocycles. The van der Waals surface area contributed by atoms with Crippen molar-refractivity contribution in [3.8, 4) is 11.5 Å². The van der Waals surface area contributed by atoms with E-state index in [0.717, 1.165) is 11.3 Å². The number of furan rings is 1. The molecule has 0 fully saturated rings. The lowest BCUT2D eigenvalue weighted by molar-refractivity contribution is 0.287. The number of rotatable bonds is 6. The fraction of sp³-hybridized carbons (Fsp3) is 0.333. The van der Waals surface area contributed by atoms with Gasteiger partial charge < -0.3 is 13.9 Å². The molecule has 2 aromatic rings. The third-order valence-electron chi connectivity index (χ3n) is 2.78. The summed E-state index contributed by atoms with van der Waals surface area (Å²) in [4.78, 5) is -0.161. The van der Waals surface area contributed by atoms with Crippen LogP contribution in [0.5, 0.6) is 11.5 Å². The molecule has 0 aliphatic rings. The SMILES string of the molecule is CCOc1cc(Cl)c(C(Br)c2ccc(Br)o2)cc1OCC. The molecule has 0 saturated heterocycles. The zero-order valence-corrected chi connectivity index (χ0v) is 15.6. The van der Waals surface area contributed by atoms with Gasteiger partial charge in [-0.05, 0) is 53.5 Å². The highest BCUT2D eigenvalue weighted by Crippen LogP contribution is 2.42. The van der Waals surface area contributed by atoms with Crippen LogP contribution in [0.25, 0.3) is 0 Å². The van der Waals surface area contributed by atoms with E-state index < -0.39 is 0 Å². The van der Waals surface area contributed by atoms with Gasteiger partial charge in [0.15, 0.2) is 16.2 Å². The van der Waals surface area contributed by atoms with Crippen molar-refractivity contribution in [1.29, 1.82) is 0 Å². The molecule has 6 heteroatoms. The van der Waals surface area contributed by atoms with Crippen molar-refractivity contribution in [2.24, 2.45) is 0 Å². The summed E-state index contributed by atoms with van der Waals surface area (Å²) in [7, 11) is 0. The Balaban J connectivity index is 2.40. The third-order valence-corrected chi connectivity index (χ3v) is 4.48. The average Bonchev–Trinajstić information content (AvgIpc) is 2.88. The molecule has 1 aromatic carbocycles. The second-order valence-electron chi connectivity index (χ2n) is 4.19. The minimum atomic E-state index is -0.161.